The van der Waals surface area contributed by atoms with Gasteiger partial charge in [-0.2, -0.15) is 0 Å². The summed E-state index contributed by atoms with van der Waals surface area (Å²) in [5.41, 5.74) is 2.11. The highest BCUT2D eigenvalue weighted by Gasteiger charge is 2.31. The molecule has 1 saturated heterocycles. The van der Waals surface area contributed by atoms with Crippen LogP contribution in [0, 0.1) is 5.92 Å². The fourth-order valence-electron chi connectivity index (χ4n) is 4.48. The zero-order valence-corrected chi connectivity index (χ0v) is 18.3. The van der Waals surface area contributed by atoms with Crippen LogP contribution >= 0.6 is 0 Å². The summed E-state index contributed by atoms with van der Waals surface area (Å²) in [6, 6.07) is -0.00110. The Labute approximate surface area is 183 Å². The Kier molecular flexibility index (Phi) is 6.87. The number of nitrogens with zero attached hydrogens (tertiary/aromatic N) is 3. The van der Waals surface area contributed by atoms with Gasteiger partial charge in [0.1, 0.15) is 18.2 Å². The Hall–Kier alpha value is -2.45. The molecule has 0 saturated carbocycles. The van der Waals surface area contributed by atoms with Crippen LogP contribution in [-0.2, 0) is 15.9 Å². The van der Waals surface area contributed by atoms with Crippen LogP contribution in [0.25, 0.3) is 6.08 Å². The van der Waals surface area contributed by atoms with E-state index in [1.807, 2.05) is 12.2 Å². The monoisotopic (exact) mass is 428 g/mol. The molecule has 4 rings (SSSR count). The van der Waals surface area contributed by atoms with Gasteiger partial charge in [0, 0.05) is 31.7 Å². The van der Waals surface area contributed by atoms with E-state index < -0.39 is 12.2 Å². The minimum atomic E-state index is -0.550. The Morgan fingerprint density at radius 1 is 1.29 bits per heavy atom. The lowest BCUT2D eigenvalue weighted by Crippen LogP contribution is -2.38. The van der Waals surface area contributed by atoms with Gasteiger partial charge in [0.05, 0.1) is 24.4 Å². The van der Waals surface area contributed by atoms with Crippen LogP contribution in [0.1, 0.15) is 49.2 Å². The number of ether oxygens (including phenoxy) is 2. The highest BCUT2D eigenvalue weighted by molar-refractivity contribution is 5.70. The van der Waals surface area contributed by atoms with E-state index in [0.717, 1.165) is 55.1 Å². The van der Waals surface area contributed by atoms with E-state index in [4.69, 9.17) is 19.4 Å². The molecular formula is C23H32N4O4. The lowest BCUT2D eigenvalue weighted by Gasteiger charge is -2.28. The first-order chi connectivity index (χ1) is 15.0. The number of rotatable bonds is 6. The van der Waals surface area contributed by atoms with Crippen molar-refractivity contribution in [2.45, 2.75) is 50.7 Å². The molecule has 0 aromatic carbocycles. The van der Waals surface area contributed by atoms with E-state index in [0.29, 0.717) is 19.1 Å². The number of fused-ring (bicyclic) bond motifs is 1. The quantitative estimate of drug-likeness (QED) is 0.531. The number of hydrogen-bond donors (Lipinski definition) is 2. The molecule has 3 aliphatic rings. The molecule has 8 heteroatoms. The number of allylic oxidation sites excluding steroid dienone is 2. The number of carbonyl (C=O) groups excluding carboxylic acids is 1. The predicted molar refractivity (Wildman–Crippen MR) is 118 cm³/mol. The summed E-state index contributed by atoms with van der Waals surface area (Å²) < 4.78 is 10.0. The van der Waals surface area contributed by atoms with Gasteiger partial charge in [-0.15, -0.1) is 0 Å². The molecule has 1 amide bonds. The van der Waals surface area contributed by atoms with Crippen molar-refractivity contribution in [3.63, 3.8) is 0 Å². The second-order valence-electron chi connectivity index (χ2n) is 8.61. The van der Waals surface area contributed by atoms with Crippen LogP contribution < -0.4 is 10.2 Å². The molecule has 0 bridgehead atoms. The molecule has 2 N–H and O–H groups in total. The minimum absolute atomic E-state index is 0.00110. The molecule has 168 valence electrons. The lowest BCUT2D eigenvalue weighted by atomic mass is 9.89. The number of aliphatic hydroxyl groups excluding tert-OH is 1. The third-order valence-corrected chi connectivity index (χ3v) is 6.18. The number of amides is 1. The Bertz CT molecular complexity index is 856. The first kappa shape index (κ1) is 21.8. The fraction of sp³-hybridized carbons (Fsp3) is 0.609. The summed E-state index contributed by atoms with van der Waals surface area (Å²) in [6.45, 7) is 4.26. The normalized spacial score (nSPS) is 27.3. The summed E-state index contributed by atoms with van der Waals surface area (Å²) in [7, 11) is 1.57. The van der Waals surface area contributed by atoms with Gasteiger partial charge in [-0.3, -0.25) is 0 Å². The second-order valence-corrected chi connectivity index (χ2v) is 8.61. The van der Waals surface area contributed by atoms with Crippen molar-refractivity contribution < 1.29 is 19.4 Å². The topological polar surface area (TPSA) is 96.8 Å². The van der Waals surface area contributed by atoms with Gasteiger partial charge in [0.15, 0.2) is 0 Å². The zero-order chi connectivity index (χ0) is 21.8. The first-order valence-electron chi connectivity index (χ1n) is 11.2. The molecule has 2 aliphatic carbocycles. The molecule has 2 heterocycles. The highest BCUT2D eigenvalue weighted by Crippen LogP contribution is 2.35. The van der Waals surface area contributed by atoms with Crippen molar-refractivity contribution >= 4 is 18.0 Å². The average molecular weight is 429 g/mol. The van der Waals surface area contributed by atoms with E-state index in [1.165, 1.54) is 0 Å². The molecule has 31 heavy (non-hydrogen) atoms. The highest BCUT2D eigenvalue weighted by atomic mass is 16.6. The van der Waals surface area contributed by atoms with Crippen molar-refractivity contribution in [1.82, 2.24) is 15.3 Å². The van der Waals surface area contributed by atoms with E-state index >= 15 is 0 Å². The summed E-state index contributed by atoms with van der Waals surface area (Å²) in [5.74, 6) is 1.97. The minimum Gasteiger partial charge on any atom is -0.447 e. The van der Waals surface area contributed by atoms with Gasteiger partial charge in [0.2, 0.25) is 0 Å². The lowest BCUT2D eigenvalue weighted by molar-refractivity contribution is 0.0969. The summed E-state index contributed by atoms with van der Waals surface area (Å²) in [6.07, 6.45) is 10.7. The van der Waals surface area contributed by atoms with Crippen molar-refractivity contribution in [3.05, 3.63) is 35.3 Å². The number of alkyl carbamates (subject to hydrolysis) is 1. The molecule has 1 fully saturated rings. The number of aromatic nitrogens is 2. The van der Waals surface area contributed by atoms with Crippen LogP contribution in [-0.4, -0.2) is 66.7 Å². The zero-order valence-electron chi connectivity index (χ0n) is 18.3. The van der Waals surface area contributed by atoms with E-state index in [1.54, 1.807) is 7.11 Å². The summed E-state index contributed by atoms with van der Waals surface area (Å²) in [4.78, 5) is 24.1. The largest absolute Gasteiger partial charge is 0.447 e. The van der Waals surface area contributed by atoms with Crippen LogP contribution in [0.4, 0.5) is 10.6 Å². The van der Waals surface area contributed by atoms with Crippen LogP contribution in [0.15, 0.2) is 18.2 Å². The molecule has 1 aromatic rings. The van der Waals surface area contributed by atoms with E-state index in [9.17, 15) is 9.90 Å². The van der Waals surface area contributed by atoms with Gasteiger partial charge in [-0.1, -0.05) is 31.2 Å². The third kappa shape index (κ3) is 5.07. The number of carbonyl (C=O) groups is 1. The summed E-state index contributed by atoms with van der Waals surface area (Å²) in [5, 5.41) is 13.4. The standard InChI is InChI=1S/C23H32N4O4/c1-15-7-8-17-19(13-15)25-21(18-5-3-4-6-20(18)28)26-22(17)27-10-9-16(14-27)24-23(29)31-12-11-30-2/h4,6-8,15-16,18,20,28H,3,5,9-14H2,1-2H3,(H,24,29)/t15?,16-,18?,20?/m1/s1. The van der Waals surface area contributed by atoms with Gasteiger partial charge < -0.3 is 24.8 Å². The SMILES string of the molecule is COCCOC(=O)N[C@@H]1CCN(c2nc(C3CCC=CC3O)nc3c2C=CC(C)C3)C1. The fourth-order valence-corrected chi connectivity index (χ4v) is 4.48. The smallest absolute Gasteiger partial charge is 0.407 e. The second kappa shape index (κ2) is 9.78. The molecule has 1 aromatic heterocycles. The van der Waals surface area contributed by atoms with Crippen molar-refractivity contribution in [1.29, 1.82) is 0 Å². The Morgan fingerprint density at radius 2 is 2.16 bits per heavy atom. The molecule has 1 aliphatic heterocycles. The van der Waals surface area contributed by atoms with Gasteiger partial charge >= 0.3 is 6.09 Å². The van der Waals surface area contributed by atoms with Crippen molar-refractivity contribution in [3.8, 4) is 0 Å². The average Bonchev–Trinajstić information content (AvgIpc) is 3.21. The molecular weight excluding hydrogens is 396 g/mol. The number of methoxy groups -OCH3 is 1. The molecule has 0 radical (unpaired) electrons. The Balaban J connectivity index is 1.53. The van der Waals surface area contributed by atoms with Crippen LogP contribution in [0.5, 0.6) is 0 Å². The van der Waals surface area contributed by atoms with E-state index in [-0.39, 0.29) is 18.6 Å². The van der Waals surface area contributed by atoms with Crippen molar-refractivity contribution in [2.24, 2.45) is 5.92 Å². The van der Waals surface area contributed by atoms with Gasteiger partial charge in [0.25, 0.3) is 0 Å². The van der Waals surface area contributed by atoms with Gasteiger partial charge in [-0.05, 0) is 31.6 Å². The maximum Gasteiger partial charge on any atom is 0.407 e. The van der Waals surface area contributed by atoms with Crippen LogP contribution in [0.2, 0.25) is 0 Å². The number of nitrogens with one attached hydrogen (secondary N) is 1. The number of hydrogen-bond acceptors (Lipinski definition) is 7. The van der Waals surface area contributed by atoms with E-state index in [2.05, 4.69) is 29.3 Å². The summed E-state index contributed by atoms with van der Waals surface area (Å²) >= 11 is 0. The Morgan fingerprint density at radius 3 is 2.97 bits per heavy atom. The molecule has 3 unspecified atom stereocenters. The molecule has 8 nitrogen and oxygen atoms in total. The number of aliphatic hydroxyl groups is 1. The maximum atomic E-state index is 12.0. The first-order valence-corrected chi connectivity index (χ1v) is 11.2. The maximum absolute atomic E-state index is 12.0. The van der Waals surface area contributed by atoms with Crippen molar-refractivity contribution in [2.75, 3.05) is 38.3 Å². The third-order valence-electron chi connectivity index (χ3n) is 6.18. The predicted octanol–water partition coefficient (Wildman–Crippen LogP) is 2.43. The van der Waals surface area contributed by atoms with Crippen LogP contribution in [0.3, 0.4) is 0 Å². The molecule has 0 spiro atoms. The molecule has 4 atom stereocenters. The number of anilines is 1. The van der Waals surface area contributed by atoms with Gasteiger partial charge in [-0.25, -0.2) is 14.8 Å².